The molecule has 3 heterocycles. The molecule has 0 atom stereocenters. The Morgan fingerprint density at radius 3 is 2.79 bits per heavy atom. The van der Waals surface area contributed by atoms with Crippen molar-refractivity contribution in [1.82, 2.24) is 25.0 Å². The van der Waals surface area contributed by atoms with E-state index in [1.165, 1.54) is 0 Å². The lowest BCUT2D eigenvalue weighted by Crippen LogP contribution is -2.50. The number of aromatic nitrogens is 4. The summed E-state index contributed by atoms with van der Waals surface area (Å²) < 4.78 is 5.28. The van der Waals surface area contributed by atoms with E-state index >= 15 is 0 Å². The van der Waals surface area contributed by atoms with Crippen molar-refractivity contribution in [3.63, 3.8) is 0 Å². The average molecular weight is 322 g/mol. The van der Waals surface area contributed by atoms with Gasteiger partial charge in [0.25, 0.3) is 0 Å². The minimum atomic E-state index is -0.133. The molecule has 3 aromatic rings. The topological polar surface area (TPSA) is 97.0 Å². The number of carbonyl (C=O) groups excluding carboxylic acids is 1. The lowest BCUT2D eigenvalue weighted by atomic mass is 10.0. The Kier molecular flexibility index (Phi) is 3.62. The Balaban J connectivity index is 1.36. The summed E-state index contributed by atoms with van der Waals surface area (Å²) in [7, 11) is 0. The van der Waals surface area contributed by atoms with E-state index in [9.17, 15) is 4.79 Å². The number of likely N-dealkylation sites (tertiary alicyclic amines) is 1. The van der Waals surface area contributed by atoms with Gasteiger partial charge >= 0.3 is 6.03 Å². The van der Waals surface area contributed by atoms with Crippen LogP contribution in [0.2, 0.25) is 0 Å². The molecule has 1 aliphatic rings. The molecule has 0 saturated carbocycles. The smallest absolute Gasteiger partial charge is 0.321 e. The zero-order chi connectivity index (χ0) is 16.4. The third-order valence-corrected chi connectivity index (χ3v) is 3.78. The van der Waals surface area contributed by atoms with E-state index in [1.807, 2.05) is 30.3 Å². The maximum absolute atomic E-state index is 12.1. The number of para-hydroxylation sites is 1. The monoisotopic (exact) mass is 322 g/mol. The molecular formula is C16H14N6O2. The van der Waals surface area contributed by atoms with Crippen molar-refractivity contribution in [3.05, 3.63) is 54.8 Å². The van der Waals surface area contributed by atoms with Gasteiger partial charge in [-0.2, -0.15) is 4.98 Å². The second-order valence-corrected chi connectivity index (χ2v) is 5.44. The van der Waals surface area contributed by atoms with Gasteiger partial charge in [-0.15, -0.1) is 0 Å². The summed E-state index contributed by atoms with van der Waals surface area (Å²) >= 11 is 0. The summed E-state index contributed by atoms with van der Waals surface area (Å²) in [4.78, 5) is 26.3. The number of anilines is 1. The number of rotatable bonds is 3. The van der Waals surface area contributed by atoms with E-state index in [0.717, 1.165) is 5.69 Å². The van der Waals surface area contributed by atoms with E-state index in [0.29, 0.717) is 30.5 Å². The number of hydrogen-bond donors (Lipinski definition) is 1. The molecule has 0 spiro atoms. The highest BCUT2D eigenvalue weighted by atomic mass is 16.5. The molecule has 1 saturated heterocycles. The Bertz CT molecular complexity index is 830. The van der Waals surface area contributed by atoms with E-state index in [1.54, 1.807) is 23.5 Å². The van der Waals surface area contributed by atoms with E-state index in [-0.39, 0.29) is 11.9 Å². The molecule has 0 unspecified atom stereocenters. The number of nitrogens with zero attached hydrogens (tertiary/aromatic N) is 5. The van der Waals surface area contributed by atoms with Crippen LogP contribution in [0.4, 0.5) is 10.5 Å². The highest BCUT2D eigenvalue weighted by molar-refractivity contribution is 5.89. The molecule has 0 bridgehead atoms. The van der Waals surface area contributed by atoms with E-state index in [2.05, 4.69) is 25.4 Å². The zero-order valence-electron chi connectivity index (χ0n) is 12.7. The summed E-state index contributed by atoms with van der Waals surface area (Å²) in [5, 5.41) is 6.77. The molecule has 1 aliphatic heterocycles. The van der Waals surface area contributed by atoms with Crippen molar-refractivity contribution in [1.29, 1.82) is 0 Å². The van der Waals surface area contributed by atoms with Gasteiger partial charge in [0.2, 0.25) is 11.7 Å². The highest BCUT2D eigenvalue weighted by Gasteiger charge is 2.35. The Morgan fingerprint density at radius 1 is 1.21 bits per heavy atom. The predicted molar refractivity (Wildman–Crippen MR) is 85.1 cm³/mol. The fraction of sp³-hybridized carbons (Fsp3) is 0.188. The maximum atomic E-state index is 12.1. The molecule has 120 valence electrons. The Labute approximate surface area is 137 Å². The van der Waals surface area contributed by atoms with Crippen molar-refractivity contribution in [2.75, 3.05) is 18.4 Å². The first-order chi connectivity index (χ1) is 11.8. The third kappa shape index (κ3) is 2.81. The average Bonchev–Trinajstić information content (AvgIpc) is 3.05. The molecule has 1 fully saturated rings. The molecule has 0 aliphatic carbocycles. The van der Waals surface area contributed by atoms with E-state index in [4.69, 9.17) is 4.52 Å². The van der Waals surface area contributed by atoms with Gasteiger partial charge in [0.05, 0.1) is 12.1 Å². The molecular weight excluding hydrogens is 308 g/mol. The van der Waals surface area contributed by atoms with Gasteiger partial charge in [-0.1, -0.05) is 23.4 Å². The maximum Gasteiger partial charge on any atom is 0.321 e. The Morgan fingerprint density at radius 2 is 2.04 bits per heavy atom. The highest BCUT2D eigenvalue weighted by Crippen LogP contribution is 2.27. The van der Waals surface area contributed by atoms with Gasteiger partial charge in [-0.25, -0.2) is 9.78 Å². The van der Waals surface area contributed by atoms with Gasteiger partial charge in [-0.3, -0.25) is 4.98 Å². The number of urea groups is 1. The third-order valence-electron chi connectivity index (χ3n) is 3.78. The second kappa shape index (κ2) is 6.07. The molecule has 1 aromatic carbocycles. The molecule has 8 nitrogen and oxygen atoms in total. The minimum Gasteiger partial charge on any atom is -0.338 e. The first-order valence-electron chi connectivity index (χ1n) is 7.50. The fourth-order valence-electron chi connectivity index (χ4n) is 2.44. The van der Waals surface area contributed by atoms with Gasteiger partial charge in [0, 0.05) is 31.2 Å². The molecule has 2 aromatic heterocycles. The van der Waals surface area contributed by atoms with E-state index < -0.39 is 0 Å². The first kappa shape index (κ1) is 14.3. The summed E-state index contributed by atoms with van der Waals surface area (Å²) in [6.45, 7) is 1.08. The lowest BCUT2D eigenvalue weighted by molar-refractivity contribution is 0.147. The van der Waals surface area contributed by atoms with Crippen molar-refractivity contribution >= 4 is 11.7 Å². The van der Waals surface area contributed by atoms with Crippen LogP contribution in [-0.4, -0.2) is 44.1 Å². The van der Waals surface area contributed by atoms with Crippen molar-refractivity contribution in [2.45, 2.75) is 5.92 Å². The fourth-order valence-corrected chi connectivity index (χ4v) is 2.44. The van der Waals surface area contributed by atoms with Crippen LogP contribution in [0.5, 0.6) is 0 Å². The van der Waals surface area contributed by atoms with Crippen LogP contribution in [0.1, 0.15) is 11.8 Å². The number of benzene rings is 1. The second-order valence-electron chi connectivity index (χ2n) is 5.44. The van der Waals surface area contributed by atoms with Crippen LogP contribution in [0.15, 0.2) is 53.4 Å². The number of carbonyl (C=O) groups is 1. The number of hydrogen-bond acceptors (Lipinski definition) is 6. The summed E-state index contributed by atoms with van der Waals surface area (Å²) in [6, 6.07) is 9.22. The SMILES string of the molecule is O=C(Nc1ccccc1)N1CC(c2nc(-c3cnccn3)no2)C1. The Hall–Kier alpha value is -3.29. The molecule has 2 amide bonds. The van der Waals surface area contributed by atoms with Gasteiger partial charge < -0.3 is 14.7 Å². The van der Waals surface area contributed by atoms with Crippen molar-refractivity contribution in [2.24, 2.45) is 0 Å². The number of amides is 2. The van der Waals surface area contributed by atoms with Crippen LogP contribution < -0.4 is 5.32 Å². The van der Waals surface area contributed by atoms with Crippen molar-refractivity contribution in [3.8, 4) is 11.5 Å². The van der Waals surface area contributed by atoms with Crippen LogP contribution >= 0.6 is 0 Å². The minimum absolute atomic E-state index is 0.0458. The van der Waals surface area contributed by atoms with Crippen LogP contribution in [0, 0.1) is 0 Å². The zero-order valence-corrected chi connectivity index (χ0v) is 12.7. The summed E-state index contributed by atoms with van der Waals surface area (Å²) in [5.41, 5.74) is 1.33. The number of nitrogens with one attached hydrogen (secondary N) is 1. The predicted octanol–water partition coefficient (Wildman–Crippen LogP) is 2.16. The first-order valence-corrected chi connectivity index (χ1v) is 7.50. The normalized spacial score (nSPS) is 14.2. The largest absolute Gasteiger partial charge is 0.338 e. The summed E-state index contributed by atoms with van der Waals surface area (Å²) in [6.07, 6.45) is 4.74. The lowest BCUT2D eigenvalue weighted by Gasteiger charge is -2.36. The molecule has 24 heavy (non-hydrogen) atoms. The van der Waals surface area contributed by atoms with Crippen LogP contribution in [0.3, 0.4) is 0 Å². The van der Waals surface area contributed by atoms with Gasteiger partial charge in [0.1, 0.15) is 5.69 Å². The standard InChI is InChI=1S/C16H14N6O2/c23-16(19-12-4-2-1-3-5-12)22-9-11(10-22)15-20-14(21-24-15)13-8-17-6-7-18-13/h1-8,11H,9-10H2,(H,19,23). The molecule has 0 radical (unpaired) electrons. The summed E-state index contributed by atoms with van der Waals surface area (Å²) in [5.74, 6) is 0.967. The van der Waals surface area contributed by atoms with Gasteiger partial charge in [-0.05, 0) is 12.1 Å². The molecule has 4 rings (SSSR count). The molecule has 1 N–H and O–H groups in total. The quantitative estimate of drug-likeness (QED) is 0.793. The molecule has 8 heteroatoms. The van der Waals surface area contributed by atoms with Crippen LogP contribution in [0.25, 0.3) is 11.5 Å². The van der Waals surface area contributed by atoms with Crippen molar-refractivity contribution < 1.29 is 9.32 Å². The van der Waals surface area contributed by atoms with Gasteiger partial charge in [0.15, 0.2) is 0 Å². The van der Waals surface area contributed by atoms with Crippen LogP contribution in [-0.2, 0) is 0 Å².